The summed E-state index contributed by atoms with van der Waals surface area (Å²) in [6.45, 7) is 0. The third-order valence-corrected chi connectivity index (χ3v) is 2.46. The maximum atomic E-state index is 5.91. The molecule has 2 nitrogen and oxygen atoms in total. The smallest absolute Gasteiger partial charge is 0.117 e. The van der Waals surface area contributed by atoms with Gasteiger partial charge >= 0.3 is 0 Å². The first kappa shape index (κ1) is 8.60. The van der Waals surface area contributed by atoms with Gasteiger partial charge in [0, 0.05) is 5.02 Å². The van der Waals surface area contributed by atoms with Gasteiger partial charge in [0.15, 0.2) is 0 Å². The van der Waals surface area contributed by atoms with E-state index in [0.29, 0.717) is 0 Å². The monoisotopic (exact) mass is 195 g/mol. The molecule has 0 unspecified atom stereocenters. The summed E-state index contributed by atoms with van der Waals surface area (Å²) in [5.74, 6) is 0.789. The van der Waals surface area contributed by atoms with Gasteiger partial charge in [0.2, 0.25) is 0 Å². The van der Waals surface area contributed by atoms with Crippen molar-refractivity contribution in [2.24, 2.45) is 5.73 Å². The van der Waals surface area contributed by atoms with Gasteiger partial charge in [-0.05, 0) is 29.3 Å². The molecule has 0 amide bonds. The molecule has 0 saturated carbocycles. The van der Waals surface area contributed by atoms with Gasteiger partial charge in [-0.2, -0.15) is 0 Å². The molecule has 3 heteroatoms. The van der Waals surface area contributed by atoms with Gasteiger partial charge < -0.3 is 10.5 Å². The highest BCUT2D eigenvalue weighted by molar-refractivity contribution is 6.30. The van der Waals surface area contributed by atoms with Crippen molar-refractivity contribution in [3.8, 4) is 0 Å². The highest BCUT2D eigenvalue weighted by Crippen LogP contribution is 2.33. The van der Waals surface area contributed by atoms with Gasteiger partial charge in [0.25, 0.3) is 0 Å². The van der Waals surface area contributed by atoms with Crippen LogP contribution >= 0.6 is 11.6 Å². The predicted molar refractivity (Wildman–Crippen MR) is 53.4 cm³/mol. The van der Waals surface area contributed by atoms with Gasteiger partial charge in [0.05, 0.1) is 13.2 Å². The fourth-order valence-electron chi connectivity index (χ4n) is 1.54. The summed E-state index contributed by atoms with van der Waals surface area (Å²) in [7, 11) is 1.62. The lowest BCUT2D eigenvalue weighted by molar-refractivity contribution is 0.272. The number of ether oxygens (including phenoxy) is 1. The van der Waals surface area contributed by atoms with Crippen molar-refractivity contribution in [3.63, 3.8) is 0 Å². The number of benzene rings is 1. The van der Waals surface area contributed by atoms with E-state index in [2.05, 4.69) is 0 Å². The van der Waals surface area contributed by atoms with Gasteiger partial charge in [-0.3, -0.25) is 0 Å². The molecule has 13 heavy (non-hydrogen) atoms. The third kappa shape index (κ3) is 1.32. The van der Waals surface area contributed by atoms with Crippen LogP contribution in [0.5, 0.6) is 0 Å². The number of hydrogen-bond donors (Lipinski definition) is 1. The molecule has 0 saturated heterocycles. The molecule has 0 radical (unpaired) electrons. The average molecular weight is 196 g/mol. The van der Waals surface area contributed by atoms with Crippen LogP contribution in [-0.4, -0.2) is 7.11 Å². The van der Waals surface area contributed by atoms with E-state index in [1.54, 1.807) is 7.11 Å². The Hall–Kier alpha value is -0.990. The van der Waals surface area contributed by atoms with Crippen molar-refractivity contribution >= 4 is 17.7 Å². The second-order valence-electron chi connectivity index (χ2n) is 3.00. The number of halogens is 1. The molecule has 0 aromatic heterocycles. The standard InChI is InChI=1S/C10H10ClNO/c1-13-9-5-6-4-7(11)2-3-8(6)10(9)12/h2-5,10H,12H2,1H3/t10-/m1/s1. The quantitative estimate of drug-likeness (QED) is 0.747. The minimum atomic E-state index is -0.141. The van der Waals surface area contributed by atoms with E-state index in [4.69, 9.17) is 22.1 Å². The Labute approximate surface area is 82.0 Å². The van der Waals surface area contributed by atoms with Crippen molar-refractivity contribution in [1.29, 1.82) is 0 Å². The summed E-state index contributed by atoms with van der Waals surface area (Å²) < 4.78 is 5.14. The molecule has 1 aromatic rings. The Balaban J connectivity index is 2.49. The average Bonchev–Trinajstić information content (AvgIpc) is 2.42. The molecule has 0 aliphatic heterocycles. The lowest BCUT2D eigenvalue weighted by atomic mass is 10.1. The molecule has 0 bridgehead atoms. The Kier molecular flexibility index (Phi) is 2.02. The molecular weight excluding hydrogens is 186 g/mol. The third-order valence-electron chi connectivity index (χ3n) is 2.22. The predicted octanol–water partition coefficient (Wildman–Crippen LogP) is 2.34. The second-order valence-corrected chi connectivity index (χ2v) is 3.44. The molecule has 1 atom stereocenters. The number of fused-ring (bicyclic) bond motifs is 1. The van der Waals surface area contributed by atoms with Crippen LogP contribution in [0.1, 0.15) is 17.2 Å². The summed E-state index contributed by atoms with van der Waals surface area (Å²) in [4.78, 5) is 0. The van der Waals surface area contributed by atoms with Crippen molar-refractivity contribution < 1.29 is 4.74 Å². The Bertz CT molecular complexity index is 373. The van der Waals surface area contributed by atoms with Crippen molar-refractivity contribution in [2.45, 2.75) is 6.04 Å². The highest BCUT2D eigenvalue weighted by Gasteiger charge is 2.22. The van der Waals surface area contributed by atoms with Crippen LogP contribution in [-0.2, 0) is 4.74 Å². The zero-order valence-electron chi connectivity index (χ0n) is 7.25. The largest absolute Gasteiger partial charge is 0.499 e. The Morgan fingerprint density at radius 2 is 2.23 bits per heavy atom. The van der Waals surface area contributed by atoms with Gasteiger partial charge in [-0.1, -0.05) is 17.7 Å². The van der Waals surface area contributed by atoms with Gasteiger partial charge in [-0.15, -0.1) is 0 Å². The number of rotatable bonds is 1. The first-order valence-corrected chi connectivity index (χ1v) is 4.41. The highest BCUT2D eigenvalue weighted by atomic mass is 35.5. The summed E-state index contributed by atoms with van der Waals surface area (Å²) in [5.41, 5.74) is 8.04. The summed E-state index contributed by atoms with van der Waals surface area (Å²) in [6, 6.07) is 5.53. The van der Waals surface area contributed by atoms with E-state index in [1.165, 1.54) is 0 Å². The summed E-state index contributed by atoms with van der Waals surface area (Å²) >= 11 is 5.85. The Morgan fingerprint density at radius 1 is 1.46 bits per heavy atom. The van der Waals surface area contributed by atoms with Crippen LogP contribution in [0.2, 0.25) is 5.02 Å². The minimum absolute atomic E-state index is 0.141. The van der Waals surface area contributed by atoms with Gasteiger partial charge in [0.1, 0.15) is 5.76 Å². The van der Waals surface area contributed by atoms with E-state index in [-0.39, 0.29) is 6.04 Å². The fourth-order valence-corrected chi connectivity index (χ4v) is 1.72. The van der Waals surface area contributed by atoms with Crippen LogP contribution in [0.15, 0.2) is 24.0 Å². The molecule has 68 valence electrons. The first-order chi connectivity index (χ1) is 6.22. The molecule has 0 spiro atoms. The maximum Gasteiger partial charge on any atom is 0.117 e. The van der Waals surface area contributed by atoms with E-state index in [1.807, 2.05) is 24.3 Å². The molecule has 1 aliphatic rings. The number of methoxy groups -OCH3 is 1. The molecule has 0 fully saturated rings. The zero-order chi connectivity index (χ0) is 9.42. The molecule has 1 aromatic carbocycles. The summed E-state index contributed by atoms with van der Waals surface area (Å²) in [6.07, 6.45) is 1.92. The van der Waals surface area contributed by atoms with E-state index >= 15 is 0 Å². The van der Waals surface area contributed by atoms with Crippen LogP contribution in [0.4, 0.5) is 0 Å². The lowest BCUT2D eigenvalue weighted by Gasteiger charge is -2.09. The molecule has 2 N–H and O–H groups in total. The first-order valence-electron chi connectivity index (χ1n) is 4.03. The van der Waals surface area contributed by atoms with E-state index < -0.39 is 0 Å². The van der Waals surface area contributed by atoms with Crippen LogP contribution in [0, 0.1) is 0 Å². The van der Waals surface area contributed by atoms with Crippen LogP contribution in [0.25, 0.3) is 6.08 Å². The normalized spacial score (nSPS) is 19.6. The number of hydrogen-bond acceptors (Lipinski definition) is 2. The van der Waals surface area contributed by atoms with Gasteiger partial charge in [-0.25, -0.2) is 0 Å². The molecular formula is C10H10ClNO. The molecule has 2 rings (SSSR count). The number of nitrogens with two attached hydrogens (primary N) is 1. The van der Waals surface area contributed by atoms with Crippen molar-refractivity contribution in [2.75, 3.05) is 7.11 Å². The van der Waals surface area contributed by atoms with Crippen LogP contribution in [0.3, 0.4) is 0 Å². The summed E-state index contributed by atoms with van der Waals surface area (Å²) in [5, 5.41) is 0.722. The molecule has 1 aliphatic carbocycles. The second kappa shape index (κ2) is 3.05. The SMILES string of the molecule is COC1=Cc2cc(Cl)ccc2[C@H]1N. The fraction of sp³-hybridized carbons (Fsp3) is 0.200. The van der Waals surface area contributed by atoms with Crippen molar-refractivity contribution in [1.82, 2.24) is 0 Å². The maximum absolute atomic E-state index is 5.91. The topological polar surface area (TPSA) is 35.2 Å². The lowest BCUT2D eigenvalue weighted by Crippen LogP contribution is -2.10. The van der Waals surface area contributed by atoms with E-state index in [0.717, 1.165) is 21.9 Å². The van der Waals surface area contributed by atoms with Crippen molar-refractivity contribution in [3.05, 3.63) is 40.1 Å². The Morgan fingerprint density at radius 3 is 2.92 bits per heavy atom. The zero-order valence-corrected chi connectivity index (χ0v) is 8.01. The van der Waals surface area contributed by atoms with E-state index in [9.17, 15) is 0 Å². The van der Waals surface area contributed by atoms with Crippen LogP contribution < -0.4 is 5.73 Å². The molecule has 0 heterocycles. The minimum Gasteiger partial charge on any atom is -0.499 e.